The summed E-state index contributed by atoms with van der Waals surface area (Å²) in [6.07, 6.45) is 1.73. The van der Waals surface area contributed by atoms with Crippen LogP contribution in [0, 0.1) is 0 Å². The van der Waals surface area contributed by atoms with Crippen molar-refractivity contribution in [1.82, 2.24) is 4.72 Å². The average Bonchev–Trinajstić information content (AvgIpc) is 2.05. The van der Waals surface area contributed by atoms with E-state index in [0.717, 1.165) is 6.42 Å². The summed E-state index contributed by atoms with van der Waals surface area (Å²) >= 11 is 0. The van der Waals surface area contributed by atoms with Crippen molar-refractivity contribution < 1.29 is 13.2 Å². The van der Waals surface area contributed by atoms with Gasteiger partial charge in [0.05, 0.1) is 18.0 Å². The fourth-order valence-electron chi connectivity index (χ4n) is 1.27. The third-order valence-corrected chi connectivity index (χ3v) is 4.00. The van der Waals surface area contributed by atoms with E-state index in [9.17, 15) is 8.42 Å². The molecule has 0 aliphatic carbocycles. The van der Waals surface area contributed by atoms with Gasteiger partial charge in [-0.05, 0) is 26.8 Å². The van der Waals surface area contributed by atoms with E-state index in [1.807, 2.05) is 6.92 Å². The van der Waals surface area contributed by atoms with Crippen molar-refractivity contribution in [2.75, 3.05) is 13.7 Å². The SMILES string of the molecule is CNS(=O)(=O)C1CCC(C)OC1. The highest BCUT2D eigenvalue weighted by molar-refractivity contribution is 7.90. The van der Waals surface area contributed by atoms with Gasteiger partial charge in [-0.15, -0.1) is 0 Å². The molecule has 1 aliphatic rings. The van der Waals surface area contributed by atoms with Crippen LogP contribution in [0.5, 0.6) is 0 Å². The minimum atomic E-state index is -3.12. The van der Waals surface area contributed by atoms with Crippen molar-refractivity contribution in [2.24, 2.45) is 0 Å². The average molecular weight is 193 g/mol. The largest absolute Gasteiger partial charge is 0.377 e. The second-order valence-electron chi connectivity index (χ2n) is 3.09. The standard InChI is InChI=1S/C7H15NO3S/c1-6-3-4-7(5-11-6)12(9,10)8-2/h6-8H,3-5H2,1-2H3. The van der Waals surface area contributed by atoms with E-state index in [1.54, 1.807) is 0 Å². The molecule has 1 N–H and O–H groups in total. The van der Waals surface area contributed by atoms with Gasteiger partial charge in [-0.25, -0.2) is 13.1 Å². The lowest BCUT2D eigenvalue weighted by molar-refractivity contribution is 0.0305. The zero-order valence-electron chi connectivity index (χ0n) is 7.41. The molecule has 5 heteroatoms. The lowest BCUT2D eigenvalue weighted by atomic mass is 10.1. The van der Waals surface area contributed by atoms with Gasteiger partial charge in [0.2, 0.25) is 10.0 Å². The monoisotopic (exact) mass is 193 g/mol. The minimum absolute atomic E-state index is 0.202. The van der Waals surface area contributed by atoms with E-state index < -0.39 is 10.0 Å². The lowest BCUT2D eigenvalue weighted by Gasteiger charge is -2.26. The molecule has 1 saturated heterocycles. The van der Waals surface area contributed by atoms with Crippen molar-refractivity contribution >= 4 is 10.0 Å². The maximum Gasteiger partial charge on any atom is 0.216 e. The van der Waals surface area contributed by atoms with Gasteiger partial charge in [0.1, 0.15) is 0 Å². The minimum Gasteiger partial charge on any atom is -0.377 e. The van der Waals surface area contributed by atoms with Crippen LogP contribution >= 0.6 is 0 Å². The highest BCUT2D eigenvalue weighted by Gasteiger charge is 2.28. The van der Waals surface area contributed by atoms with E-state index in [2.05, 4.69) is 4.72 Å². The van der Waals surface area contributed by atoms with Gasteiger partial charge in [0.25, 0.3) is 0 Å². The topological polar surface area (TPSA) is 55.4 Å². The molecule has 2 unspecified atom stereocenters. The van der Waals surface area contributed by atoms with Gasteiger partial charge in [-0.1, -0.05) is 0 Å². The molecule has 0 radical (unpaired) electrons. The Kier molecular flexibility index (Phi) is 3.09. The van der Waals surface area contributed by atoms with Crippen molar-refractivity contribution in [3.8, 4) is 0 Å². The van der Waals surface area contributed by atoms with Gasteiger partial charge in [-0.2, -0.15) is 0 Å². The zero-order valence-corrected chi connectivity index (χ0v) is 8.23. The van der Waals surface area contributed by atoms with Crippen LogP contribution in [0.25, 0.3) is 0 Å². The first-order valence-electron chi connectivity index (χ1n) is 4.10. The summed E-state index contributed by atoms with van der Waals surface area (Å²) in [4.78, 5) is 0. The van der Waals surface area contributed by atoms with Crippen LogP contribution in [0.15, 0.2) is 0 Å². The normalized spacial score (nSPS) is 31.8. The molecule has 0 saturated carbocycles. The molecule has 1 aliphatic heterocycles. The van der Waals surface area contributed by atoms with Gasteiger partial charge in [-0.3, -0.25) is 0 Å². The molecule has 0 bridgehead atoms. The molecular weight excluding hydrogens is 178 g/mol. The van der Waals surface area contributed by atoms with Crippen molar-refractivity contribution in [1.29, 1.82) is 0 Å². The van der Waals surface area contributed by atoms with E-state index in [-0.39, 0.29) is 11.4 Å². The Balaban J connectivity index is 2.56. The third-order valence-electron chi connectivity index (χ3n) is 2.19. The van der Waals surface area contributed by atoms with Gasteiger partial charge in [0, 0.05) is 0 Å². The van der Waals surface area contributed by atoms with Gasteiger partial charge < -0.3 is 4.74 Å². The molecule has 0 aromatic heterocycles. The van der Waals surface area contributed by atoms with Gasteiger partial charge >= 0.3 is 0 Å². The Morgan fingerprint density at radius 2 is 2.08 bits per heavy atom. The van der Waals surface area contributed by atoms with Crippen molar-refractivity contribution in [2.45, 2.75) is 31.1 Å². The Hall–Kier alpha value is -0.130. The Bertz CT molecular complexity index is 229. The van der Waals surface area contributed by atoms with Crippen molar-refractivity contribution in [3.05, 3.63) is 0 Å². The predicted octanol–water partition coefficient (Wildman–Crippen LogP) is 0.103. The molecule has 0 aromatic rings. The van der Waals surface area contributed by atoms with Gasteiger partial charge in [0.15, 0.2) is 0 Å². The molecule has 1 fully saturated rings. The zero-order chi connectivity index (χ0) is 9.19. The van der Waals surface area contributed by atoms with E-state index >= 15 is 0 Å². The van der Waals surface area contributed by atoms with E-state index in [4.69, 9.17) is 4.74 Å². The molecule has 0 spiro atoms. The van der Waals surface area contributed by atoms with Crippen LogP contribution in [-0.2, 0) is 14.8 Å². The predicted molar refractivity (Wildman–Crippen MR) is 46.4 cm³/mol. The lowest BCUT2D eigenvalue weighted by Crippen LogP contribution is -2.39. The molecule has 12 heavy (non-hydrogen) atoms. The first-order chi connectivity index (χ1) is 5.56. The second kappa shape index (κ2) is 3.72. The summed E-state index contributed by atoms with van der Waals surface area (Å²) in [5.74, 6) is 0. The maximum atomic E-state index is 11.3. The summed E-state index contributed by atoms with van der Waals surface area (Å²) in [6.45, 7) is 2.28. The van der Waals surface area contributed by atoms with Crippen LogP contribution in [0.1, 0.15) is 19.8 Å². The van der Waals surface area contributed by atoms with Crippen LogP contribution < -0.4 is 4.72 Å². The summed E-state index contributed by atoms with van der Waals surface area (Å²) in [7, 11) is -1.68. The van der Waals surface area contributed by atoms with Crippen LogP contribution in [-0.4, -0.2) is 33.4 Å². The quantitative estimate of drug-likeness (QED) is 0.677. The number of sulfonamides is 1. The fraction of sp³-hybridized carbons (Fsp3) is 1.00. The molecular formula is C7H15NO3S. The number of nitrogens with one attached hydrogen (secondary N) is 1. The molecule has 2 atom stereocenters. The number of ether oxygens (including phenoxy) is 1. The molecule has 4 nitrogen and oxygen atoms in total. The smallest absolute Gasteiger partial charge is 0.216 e. The van der Waals surface area contributed by atoms with Crippen LogP contribution in [0.3, 0.4) is 0 Å². The highest BCUT2D eigenvalue weighted by atomic mass is 32.2. The summed E-state index contributed by atoms with van der Waals surface area (Å²) < 4.78 is 30.1. The molecule has 0 amide bonds. The number of hydrogen-bond acceptors (Lipinski definition) is 3. The second-order valence-corrected chi connectivity index (χ2v) is 5.26. The van der Waals surface area contributed by atoms with E-state index in [0.29, 0.717) is 13.0 Å². The number of rotatable bonds is 2. The van der Waals surface area contributed by atoms with E-state index in [1.165, 1.54) is 7.05 Å². The summed E-state index contributed by atoms with van der Waals surface area (Å²) in [5, 5.41) is -0.362. The maximum absolute atomic E-state index is 11.3. The number of hydrogen-bond donors (Lipinski definition) is 1. The molecule has 0 aromatic carbocycles. The molecule has 1 heterocycles. The van der Waals surface area contributed by atoms with Crippen molar-refractivity contribution in [3.63, 3.8) is 0 Å². The fourth-order valence-corrected chi connectivity index (χ4v) is 2.31. The highest BCUT2D eigenvalue weighted by Crippen LogP contribution is 2.17. The first kappa shape index (κ1) is 9.95. The molecule has 72 valence electrons. The third kappa shape index (κ3) is 2.18. The summed E-state index contributed by atoms with van der Waals surface area (Å²) in [5.41, 5.74) is 0. The van der Waals surface area contributed by atoms with Crippen LogP contribution in [0.4, 0.5) is 0 Å². The Morgan fingerprint density at radius 1 is 1.42 bits per heavy atom. The Labute approximate surface area is 73.3 Å². The molecule has 1 rings (SSSR count). The van der Waals surface area contributed by atoms with Crippen LogP contribution in [0.2, 0.25) is 0 Å². The summed E-state index contributed by atoms with van der Waals surface area (Å²) in [6, 6.07) is 0. The first-order valence-corrected chi connectivity index (χ1v) is 5.65. The Morgan fingerprint density at radius 3 is 2.50 bits per heavy atom.